The summed E-state index contributed by atoms with van der Waals surface area (Å²) in [5, 5.41) is 8.91. The smallest absolute Gasteiger partial charge is 0.337 e. The highest BCUT2D eigenvalue weighted by Crippen LogP contribution is 2.10. The second-order valence-corrected chi connectivity index (χ2v) is 4.12. The molecule has 7 heteroatoms. The van der Waals surface area contributed by atoms with Gasteiger partial charge in [0.1, 0.15) is 11.3 Å². The molecule has 2 aromatic rings. The van der Waals surface area contributed by atoms with Crippen molar-refractivity contribution in [2.75, 3.05) is 14.1 Å². The molecular formula is C12H11N3O4. The average Bonchev–Trinajstić information content (AvgIpc) is 2.79. The third-order valence-corrected chi connectivity index (χ3v) is 2.59. The number of hydrogen-bond donors (Lipinski definition) is 1. The highest BCUT2D eigenvalue weighted by atomic mass is 16.4. The minimum absolute atomic E-state index is 0.0110. The minimum Gasteiger partial charge on any atom is -0.478 e. The summed E-state index contributed by atoms with van der Waals surface area (Å²) in [7, 11) is 2.93. The number of carbonyl (C=O) groups excluding carboxylic acids is 2. The topological polar surface area (TPSA) is 92.0 Å². The number of nitrogens with zero attached hydrogens (tertiary/aromatic N) is 3. The fraction of sp³-hybridized carbons (Fsp3) is 0.167. The van der Waals surface area contributed by atoms with Crippen molar-refractivity contribution in [3.63, 3.8) is 0 Å². The van der Waals surface area contributed by atoms with Crippen LogP contribution in [-0.2, 0) is 4.79 Å². The van der Waals surface area contributed by atoms with Crippen LogP contribution >= 0.6 is 0 Å². The zero-order chi connectivity index (χ0) is 14.2. The summed E-state index contributed by atoms with van der Waals surface area (Å²) in [5.74, 6) is -2.55. The van der Waals surface area contributed by atoms with Gasteiger partial charge in [-0.2, -0.15) is 0 Å². The first-order valence-electron chi connectivity index (χ1n) is 5.38. The fourth-order valence-corrected chi connectivity index (χ4v) is 1.59. The number of pyridine rings is 1. The van der Waals surface area contributed by atoms with Crippen LogP contribution in [0.15, 0.2) is 24.5 Å². The first-order chi connectivity index (χ1) is 8.91. The van der Waals surface area contributed by atoms with Crippen LogP contribution in [-0.4, -0.2) is 51.1 Å². The normalized spacial score (nSPS) is 10.4. The summed E-state index contributed by atoms with van der Waals surface area (Å²) in [6, 6.07) is 2.85. The molecule has 0 saturated heterocycles. The average molecular weight is 261 g/mol. The number of likely N-dealkylation sites (N-methyl/N-ethyl adjacent to an activating group) is 1. The third-order valence-electron chi connectivity index (χ3n) is 2.59. The van der Waals surface area contributed by atoms with Gasteiger partial charge in [-0.15, -0.1) is 0 Å². The quantitative estimate of drug-likeness (QED) is 0.634. The minimum atomic E-state index is -1.12. The molecule has 0 aliphatic heterocycles. The highest BCUT2D eigenvalue weighted by molar-refractivity contribution is 6.42. The van der Waals surface area contributed by atoms with Gasteiger partial charge in [0.25, 0.3) is 11.7 Å². The zero-order valence-corrected chi connectivity index (χ0v) is 10.3. The Hall–Kier alpha value is -2.70. The van der Waals surface area contributed by atoms with E-state index in [-0.39, 0.29) is 11.3 Å². The standard InChI is InChI=1S/C12H11N3O4/c1-14(2)11(17)10(16)8-5-13-9-4-3-7(12(18)19)6-15(8)9/h3-6H,1-2H3,(H,18,19). The second kappa shape index (κ2) is 4.52. The van der Waals surface area contributed by atoms with E-state index in [4.69, 9.17) is 5.11 Å². The molecule has 98 valence electrons. The maximum atomic E-state index is 11.9. The van der Waals surface area contributed by atoms with Crippen molar-refractivity contribution >= 4 is 23.3 Å². The van der Waals surface area contributed by atoms with Crippen LogP contribution in [0.5, 0.6) is 0 Å². The van der Waals surface area contributed by atoms with E-state index >= 15 is 0 Å². The molecule has 0 radical (unpaired) electrons. The van der Waals surface area contributed by atoms with Gasteiger partial charge < -0.3 is 10.0 Å². The van der Waals surface area contributed by atoms with Gasteiger partial charge in [0.15, 0.2) is 0 Å². The molecule has 0 unspecified atom stereocenters. The molecule has 2 rings (SSSR count). The van der Waals surface area contributed by atoms with E-state index in [1.54, 1.807) is 0 Å². The van der Waals surface area contributed by atoms with Gasteiger partial charge in [0.2, 0.25) is 0 Å². The Morgan fingerprint density at radius 3 is 2.53 bits per heavy atom. The number of fused-ring (bicyclic) bond motifs is 1. The van der Waals surface area contributed by atoms with Gasteiger partial charge in [-0.25, -0.2) is 9.78 Å². The Morgan fingerprint density at radius 1 is 1.26 bits per heavy atom. The lowest BCUT2D eigenvalue weighted by Gasteiger charge is -2.08. The van der Waals surface area contributed by atoms with Gasteiger partial charge in [0, 0.05) is 20.3 Å². The summed E-state index contributed by atoms with van der Waals surface area (Å²) in [4.78, 5) is 39.6. The third kappa shape index (κ3) is 2.17. The van der Waals surface area contributed by atoms with Crippen molar-refractivity contribution in [2.45, 2.75) is 0 Å². The first-order valence-corrected chi connectivity index (χ1v) is 5.38. The molecular weight excluding hydrogens is 250 g/mol. The summed E-state index contributed by atoms with van der Waals surface area (Å²) in [6.07, 6.45) is 2.52. The number of carbonyl (C=O) groups is 3. The number of Topliss-reactive ketones (excluding diaryl/α,β-unsaturated/α-hetero) is 1. The molecule has 0 spiro atoms. The van der Waals surface area contributed by atoms with E-state index in [2.05, 4.69) is 4.98 Å². The van der Waals surface area contributed by atoms with E-state index in [1.807, 2.05) is 0 Å². The predicted octanol–water partition coefficient (Wildman–Crippen LogP) is 0.303. The second-order valence-electron chi connectivity index (χ2n) is 4.12. The van der Waals surface area contributed by atoms with Crippen molar-refractivity contribution in [3.8, 4) is 0 Å². The van der Waals surface area contributed by atoms with Gasteiger partial charge in [-0.3, -0.25) is 14.0 Å². The largest absolute Gasteiger partial charge is 0.478 e. The van der Waals surface area contributed by atoms with Crippen LogP contribution in [0, 0.1) is 0 Å². The Balaban J connectivity index is 2.55. The lowest BCUT2D eigenvalue weighted by molar-refractivity contribution is -0.124. The number of carboxylic acid groups (broad SMARTS) is 1. The molecule has 0 aliphatic carbocycles. The molecule has 0 fully saturated rings. The monoisotopic (exact) mass is 261 g/mol. The highest BCUT2D eigenvalue weighted by Gasteiger charge is 2.22. The lowest BCUT2D eigenvalue weighted by atomic mass is 10.2. The molecule has 2 heterocycles. The van der Waals surface area contributed by atoms with Crippen LogP contribution in [0.25, 0.3) is 5.65 Å². The van der Waals surface area contributed by atoms with E-state index < -0.39 is 17.7 Å². The maximum Gasteiger partial charge on any atom is 0.337 e. The van der Waals surface area contributed by atoms with Crippen molar-refractivity contribution in [3.05, 3.63) is 35.8 Å². The number of amides is 1. The van der Waals surface area contributed by atoms with E-state index in [0.29, 0.717) is 5.65 Å². The summed E-state index contributed by atoms with van der Waals surface area (Å²) < 4.78 is 1.30. The van der Waals surface area contributed by atoms with Crippen LogP contribution in [0.3, 0.4) is 0 Å². The van der Waals surface area contributed by atoms with Crippen LogP contribution < -0.4 is 0 Å². The summed E-state index contributed by atoms with van der Waals surface area (Å²) in [6.45, 7) is 0. The number of imidazole rings is 1. The van der Waals surface area contributed by atoms with Crippen LogP contribution in [0.1, 0.15) is 20.8 Å². The Labute approximate surface area is 108 Å². The van der Waals surface area contributed by atoms with Crippen molar-refractivity contribution in [2.24, 2.45) is 0 Å². The Kier molecular flexibility index (Phi) is 3.04. The predicted molar refractivity (Wildman–Crippen MR) is 65.2 cm³/mol. The number of aromatic carboxylic acids is 1. The molecule has 0 atom stereocenters. The van der Waals surface area contributed by atoms with Crippen molar-refractivity contribution in [1.82, 2.24) is 14.3 Å². The molecule has 0 aromatic carbocycles. The Morgan fingerprint density at radius 2 is 1.95 bits per heavy atom. The molecule has 1 N–H and O–H groups in total. The van der Waals surface area contributed by atoms with E-state index in [0.717, 1.165) is 4.90 Å². The molecule has 0 saturated carbocycles. The first kappa shape index (κ1) is 12.7. The molecule has 7 nitrogen and oxygen atoms in total. The number of ketones is 1. The van der Waals surface area contributed by atoms with E-state index in [9.17, 15) is 14.4 Å². The zero-order valence-electron chi connectivity index (χ0n) is 10.3. The van der Waals surface area contributed by atoms with Crippen LogP contribution in [0.2, 0.25) is 0 Å². The molecule has 19 heavy (non-hydrogen) atoms. The van der Waals surface area contributed by atoms with Gasteiger partial charge in [0.05, 0.1) is 11.8 Å². The maximum absolute atomic E-state index is 11.9. The molecule has 2 aromatic heterocycles. The lowest BCUT2D eigenvalue weighted by Crippen LogP contribution is -2.30. The SMILES string of the molecule is CN(C)C(=O)C(=O)c1cnc2ccc(C(=O)O)cn12. The van der Waals surface area contributed by atoms with Gasteiger partial charge >= 0.3 is 5.97 Å². The fourth-order valence-electron chi connectivity index (χ4n) is 1.59. The van der Waals surface area contributed by atoms with Gasteiger partial charge in [-0.1, -0.05) is 0 Å². The Bertz CT molecular complexity index is 687. The number of aromatic nitrogens is 2. The number of carboxylic acids is 1. The summed E-state index contributed by atoms with van der Waals surface area (Å²) in [5.41, 5.74) is 0.452. The van der Waals surface area contributed by atoms with Gasteiger partial charge in [-0.05, 0) is 12.1 Å². The molecule has 0 bridgehead atoms. The number of hydrogen-bond acceptors (Lipinski definition) is 4. The molecule has 0 aliphatic rings. The van der Waals surface area contributed by atoms with Crippen molar-refractivity contribution in [1.29, 1.82) is 0 Å². The molecule has 1 amide bonds. The summed E-state index contributed by atoms with van der Waals surface area (Å²) >= 11 is 0. The van der Waals surface area contributed by atoms with E-state index in [1.165, 1.54) is 43.0 Å². The number of rotatable bonds is 3. The van der Waals surface area contributed by atoms with Crippen molar-refractivity contribution < 1.29 is 19.5 Å². The van der Waals surface area contributed by atoms with Crippen LogP contribution in [0.4, 0.5) is 0 Å².